The molecule has 0 bridgehead atoms. The van der Waals surface area contributed by atoms with E-state index >= 15 is 0 Å². The van der Waals surface area contributed by atoms with Crippen molar-refractivity contribution in [3.8, 4) is 0 Å². The van der Waals surface area contributed by atoms with E-state index in [0.717, 1.165) is 0 Å². The molecule has 15 heavy (non-hydrogen) atoms. The maximum Gasteiger partial charge on any atom is 0.209 e. The molecule has 3 N–H and O–H groups in total. The number of aromatic nitrogens is 4. The third-order valence-corrected chi connectivity index (χ3v) is 3.94. The smallest absolute Gasteiger partial charge is 0.209 e. The zero-order chi connectivity index (χ0) is 10.8. The molecule has 2 atom stereocenters. The van der Waals surface area contributed by atoms with Gasteiger partial charge >= 0.3 is 0 Å². The number of aryl methyl sites for hydroxylation is 1. The van der Waals surface area contributed by atoms with E-state index in [1.54, 1.807) is 11.7 Å². The second-order valence-corrected chi connectivity index (χ2v) is 5.05. The molecule has 0 amide bonds. The van der Waals surface area contributed by atoms with Crippen molar-refractivity contribution >= 4 is 11.8 Å². The Morgan fingerprint density at radius 1 is 1.67 bits per heavy atom. The lowest BCUT2D eigenvalue weighted by Gasteiger charge is -2.19. The molecule has 1 aromatic rings. The summed E-state index contributed by atoms with van der Waals surface area (Å²) in [5.41, 5.74) is 6.04. The Balaban J connectivity index is 1.98. The first-order valence-electron chi connectivity index (χ1n) is 4.98. The van der Waals surface area contributed by atoms with Crippen LogP contribution in [0.1, 0.15) is 12.8 Å². The molecular formula is C8H15N5OS. The molecule has 0 spiro atoms. The van der Waals surface area contributed by atoms with Crippen molar-refractivity contribution in [1.29, 1.82) is 0 Å². The number of hydrogen-bond acceptors (Lipinski definition) is 6. The van der Waals surface area contributed by atoms with Crippen molar-refractivity contribution < 1.29 is 5.11 Å². The molecule has 0 aliphatic heterocycles. The van der Waals surface area contributed by atoms with Gasteiger partial charge < -0.3 is 10.8 Å². The quantitative estimate of drug-likeness (QED) is 0.655. The molecule has 1 saturated carbocycles. The molecule has 84 valence electrons. The van der Waals surface area contributed by atoms with Crippen LogP contribution in [-0.4, -0.2) is 43.2 Å². The molecule has 7 heteroatoms. The van der Waals surface area contributed by atoms with Crippen LogP contribution in [0.4, 0.5) is 0 Å². The van der Waals surface area contributed by atoms with Gasteiger partial charge in [0.1, 0.15) is 0 Å². The van der Waals surface area contributed by atoms with Crippen molar-refractivity contribution in [3.05, 3.63) is 0 Å². The Kier molecular flexibility index (Phi) is 3.22. The average molecular weight is 229 g/mol. The highest BCUT2D eigenvalue weighted by atomic mass is 32.2. The fourth-order valence-electron chi connectivity index (χ4n) is 1.48. The molecule has 0 saturated heterocycles. The summed E-state index contributed by atoms with van der Waals surface area (Å²) < 4.78 is 1.59. The van der Waals surface area contributed by atoms with Crippen LogP contribution < -0.4 is 5.73 Å². The van der Waals surface area contributed by atoms with Gasteiger partial charge in [-0.15, -0.1) is 5.10 Å². The second-order valence-electron chi connectivity index (χ2n) is 3.84. The van der Waals surface area contributed by atoms with E-state index in [0.29, 0.717) is 11.1 Å². The summed E-state index contributed by atoms with van der Waals surface area (Å²) in [4.78, 5) is 0. The summed E-state index contributed by atoms with van der Waals surface area (Å²) in [5, 5.41) is 21.1. The van der Waals surface area contributed by atoms with Gasteiger partial charge in [-0.05, 0) is 29.2 Å². The van der Waals surface area contributed by atoms with Crippen molar-refractivity contribution in [2.24, 2.45) is 18.7 Å². The first-order valence-corrected chi connectivity index (χ1v) is 5.85. The van der Waals surface area contributed by atoms with Gasteiger partial charge in [0.25, 0.3) is 0 Å². The van der Waals surface area contributed by atoms with Crippen LogP contribution in [-0.2, 0) is 7.05 Å². The fraction of sp³-hybridized carbons (Fsp3) is 0.875. The number of tetrazole rings is 1. The maximum absolute atomic E-state index is 9.28. The molecule has 0 aromatic carbocycles. The largest absolute Gasteiger partial charge is 0.395 e. The first-order chi connectivity index (χ1) is 7.22. The van der Waals surface area contributed by atoms with E-state index in [1.165, 1.54) is 24.6 Å². The van der Waals surface area contributed by atoms with Gasteiger partial charge in [0.2, 0.25) is 5.16 Å². The third-order valence-electron chi connectivity index (χ3n) is 2.61. The van der Waals surface area contributed by atoms with E-state index < -0.39 is 0 Å². The predicted molar refractivity (Wildman–Crippen MR) is 56.2 cm³/mol. The first kappa shape index (κ1) is 10.8. The standard InChI is InChI=1S/C8H15N5OS/c1-13-8(10-11-12-13)15-6(4-14)7(9)5-2-3-5/h5-7,14H,2-4,9H2,1H3. The molecule has 2 rings (SSSR count). The van der Waals surface area contributed by atoms with E-state index in [2.05, 4.69) is 15.5 Å². The summed E-state index contributed by atoms with van der Waals surface area (Å²) >= 11 is 1.45. The number of aliphatic hydroxyl groups excluding tert-OH is 1. The van der Waals surface area contributed by atoms with E-state index in [4.69, 9.17) is 5.73 Å². The summed E-state index contributed by atoms with van der Waals surface area (Å²) in [5.74, 6) is 0.566. The van der Waals surface area contributed by atoms with Crippen molar-refractivity contribution in [2.75, 3.05) is 6.61 Å². The summed E-state index contributed by atoms with van der Waals surface area (Å²) in [6.45, 7) is 0.0647. The molecule has 6 nitrogen and oxygen atoms in total. The van der Waals surface area contributed by atoms with E-state index in [9.17, 15) is 5.11 Å². The predicted octanol–water partition coefficient (Wildman–Crippen LogP) is -0.600. The minimum atomic E-state index is -0.0119. The Morgan fingerprint density at radius 3 is 2.87 bits per heavy atom. The zero-order valence-corrected chi connectivity index (χ0v) is 9.39. The summed E-state index contributed by atoms with van der Waals surface area (Å²) in [6, 6.07) is 0.0386. The second kappa shape index (κ2) is 4.46. The van der Waals surface area contributed by atoms with Gasteiger partial charge in [-0.3, -0.25) is 0 Å². The lowest BCUT2D eigenvalue weighted by atomic mass is 10.1. The molecule has 1 fully saturated rings. The van der Waals surface area contributed by atoms with Gasteiger partial charge in [0, 0.05) is 13.1 Å². The lowest BCUT2D eigenvalue weighted by Crippen LogP contribution is -2.37. The van der Waals surface area contributed by atoms with Gasteiger partial charge in [0.05, 0.1) is 11.9 Å². The number of aliphatic hydroxyl groups is 1. The number of nitrogens with two attached hydrogens (primary N) is 1. The van der Waals surface area contributed by atoms with Crippen LogP contribution in [0.3, 0.4) is 0 Å². The van der Waals surface area contributed by atoms with Crippen LogP contribution in [0.25, 0.3) is 0 Å². The molecule has 1 aliphatic carbocycles. The van der Waals surface area contributed by atoms with Crippen LogP contribution in [0.2, 0.25) is 0 Å². The highest BCUT2D eigenvalue weighted by molar-refractivity contribution is 7.99. The Bertz CT molecular complexity index is 327. The maximum atomic E-state index is 9.28. The minimum absolute atomic E-state index is 0.0119. The topological polar surface area (TPSA) is 89.8 Å². The Morgan fingerprint density at radius 2 is 2.40 bits per heavy atom. The SMILES string of the molecule is Cn1nnnc1SC(CO)C(N)C1CC1. The third kappa shape index (κ3) is 2.47. The minimum Gasteiger partial charge on any atom is -0.395 e. The number of nitrogens with zero attached hydrogens (tertiary/aromatic N) is 4. The van der Waals surface area contributed by atoms with Crippen LogP contribution in [0.5, 0.6) is 0 Å². The normalized spacial score (nSPS) is 20.2. The lowest BCUT2D eigenvalue weighted by molar-refractivity contribution is 0.277. The van der Waals surface area contributed by atoms with Gasteiger partial charge in [-0.1, -0.05) is 11.8 Å². The average Bonchev–Trinajstić information content (AvgIpc) is 3.00. The fourth-order valence-corrected chi connectivity index (χ4v) is 2.48. The van der Waals surface area contributed by atoms with Gasteiger partial charge in [-0.2, -0.15) is 0 Å². The molecule has 1 aliphatic rings. The Hall–Kier alpha value is -0.660. The van der Waals surface area contributed by atoms with Crippen molar-refractivity contribution in [2.45, 2.75) is 29.3 Å². The van der Waals surface area contributed by atoms with Gasteiger partial charge in [0.15, 0.2) is 0 Å². The molecule has 1 heterocycles. The van der Waals surface area contributed by atoms with Crippen LogP contribution >= 0.6 is 11.8 Å². The van der Waals surface area contributed by atoms with Crippen molar-refractivity contribution in [3.63, 3.8) is 0 Å². The number of rotatable bonds is 5. The summed E-state index contributed by atoms with van der Waals surface area (Å²) in [6.07, 6.45) is 2.35. The monoisotopic (exact) mass is 229 g/mol. The number of thioether (sulfide) groups is 1. The highest BCUT2D eigenvalue weighted by Gasteiger charge is 2.34. The Labute approximate surface area is 92.2 Å². The molecule has 1 aromatic heterocycles. The molecular weight excluding hydrogens is 214 g/mol. The van der Waals surface area contributed by atoms with Crippen molar-refractivity contribution in [1.82, 2.24) is 20.2 Å². The molecule has 0 radical (unpaired) electrons. The summed E-state index contributed by atoms with van der Waals surface area (Å²) in [7, 11) is 1.78. The van der Waals surface area contributed by atoms with Crippen LogP contribution in [0, 0.1) is 5.92 Å². The van der Waals surface area contributed by atoms with Crippen LogP contribution in [0.15, 0.2) is 5.16 Å². The van der Waals surface area contributed by atoms with Gasteiger partial charge in [-0.25, -0.2) is 4.68 Å². The number of hydrogen-bond donors (Lipinski definition) is 2. The highest BCUT2D eigenvalue weighted by Crippen LogP contribution is 2.36. The molecule has 2 unspecified atom stereocenters. The zero-order valence-electron chi connectivity index (χ0n) is 8.58. The van der Waals surface area contributed by atoms with E-state index in [-0.39, 0.29) is 17.9 Å². The van der Waals surface area contributed by atoms with E-state index in [1.807, 2.05) is 0 Å².